The summed E-state index contributed by atoms with van der Waals surface area (Å²) in [5, 5.41) is 0. The van der Waals surface area contributed by atoms with Crippen LogP contribution in [0.4, 0.5) is 8.78 Å². The van der Waals surface area contributed by atoms with Crippen molar-refractivity contribution in [3.05, 3.63) is 0 Å². The molecule has 5 heteroatoms. The molecule has 0 spiro atoms. The van der Waals surface area contributed by atoms with Crippen molar-refractivity contribution in [2.45, 2.75) is 5.76 Å². The highest BCUT2D eigenvalue weighted by Gasteiger charge is 2.04. The van der Waals surface area contributed by atoms with Crippen LogP contribution in [0, 0.1) is 0 Å². The highest BCUT2D eigenvalue weighted by Crippen LogP contribution is 2.11. The van der Waals surface area contributed by atoms with Gasteiger partial charge in [-0.25, -0.2) is 0 Å². The zero-order valence-electron chi connectivity index (χ0n) is 3.86. The van der Waals surface area contributed by atoms with Crippen LogP contribution in [-0.4, -0.2) is 17.4 Å². The Bertz CT molecular complexity index is 87.4. The van der Waals surface area contributed by atoms with Gasteiger partial charge in [0, 0.05) is 0 Å². The Hall–Kier alpha value is -0.320. The van der Waals surface area contributed by atoms with E-state index in [-0.39, 0.29) is 11.8 Å². The Morgan fingerprint density at radius 2 is 2.25 bits per heavy atom. The van der Waals surface area contributed by atoms with Gasteiger partial charge in [-0.1, -0.05) is 11.8 Å². The van der Waals surface area contributed by atoms with E-state index in [1.165, 1.54) is 0 Å². The minimum absolute atomic E-state index is 0.169. The lowest BCUT2D eigenvalue weighted by molar-refractivity contribution is -0.116. The van der Waals surface area contributed by atoms with E-state index in [4.69, 9.17) is 5.73 Å². The van der Waals surface area contributed by atoms with E-state index in [2.05, 4.69) is 0 Å². The van der Waals surface area contributed by atoms with Gasteiger partial charge in [0.15, 0.2) is 0 Å². The van der Waals surface area contributed by atoms with Crippen molar-refractivity contribution in [3.63, 3.8) is 0 Å². The molecule has 1 radical (unpaired) electrons. The Balaban J connectivity index is 3.05. The minimum atomic E-state index is -2.54. The normalized spacial score (nSPS) is 9.88. The van der Waals surface area contributed by atoms with Crippen LogP contribution in [0.1, 0.15) is 0 Å². The number of hydrogen-bond acceptors (Lipinski definition) is 2. The largest absolute Gasteiger partial charge is 0.285 e. The van der Waals surface area contributed by atoms with Gasteiger partial charge in [0.1, 0.15) is 0 Å². The minimum Gasteiger partial charge on any atom is -0.272 e. The highest BCUT2D eigenvalue weighted by molar-refractivity contribution is 8.00. The maximum absolute atomic E-state index is 11.1. The summed E-state index contributed by atoms with van der Waals surface area (Å²) in [5.74, 6) is -3.92. The van der Waals surface area contributed by atoms with E-state index < -0.39 is 17.4 Å². The number of carbonyl (C=O) groups excluding carboxylic acids is 1. The second-order valence-electron chi connectivity index (χ2n) is 0.995. The van der Waals surface area contributed by atoms with Crippen LogP contribution in [-0.2, 0) is 4.79 Å². The number of amides is 1. The fourth-order valence-corrected chi connectivity index (χ4v) is 0.416. The Morgan fingerprint density at radius 3 is 2.38 bits per heavy atom. The quantitative estimate of drug-likeness (QED) is 0.580. The lowest BCUT2D eigenvalue weighted by Gasteiger charge is -1.91. The van der Waals surface area contributed by atoms with Gasteiger partial charge in [0.05, 0.1) is 5.75 Å². The molecular formula is C3H4F2NOS. The molecule has 0 rings (SSSR count). The van der Waals surface area contributed by atoms with Crippen LogP contribution in [0.3, 0.4) is 0 Å². The predicted octanol–water partition coefficient (Wildman–Crippen LogP) is 0.752. The van der Waals surface area contributed by atoms with Crippen molar-refractivity contribution >= 4 is 17.7 Å². The van der Waals surface area contributed by atoms with Crippen LogP contribution >= 0.6 is 11.8 Å². The monoisotopic (exact) mass is 140 g/mol. The molecule has 0 aromatic heterocycles. The number of hydrogen-bond donors (Lipinski definition) is 0. The molecule has 0 aliphatic carbocycles. The third kappa shape index (κ3) is 5.68. The van der Waals surface area contributed by atoms with Crippen molar-refractivity contribution in [1.29, 1.82) is 0 Å². The molecule has 8 heavy (non-hydrogen) atoms. The smallest absolute Gasteiger partial charge is 0.272 e. The third-order valence-electron chi connectivity index (χ3n) is 0.340. The van der Waals surface area contributed by atoms with E-state index in [1.807, 2.05) is 0 Å². The van der Waals surface area contributed by atoms with Gasteiger partial charge in [-0.2, -0.15) is 8.78 Å². The van der Waals surface area contributed by atoms with Crippen LogP contribution in [0.5, 0.6) is 0 Å². The standard InChI is InChI=1S/C3H4F2NOS/c4-3(5)8-1-2(6)7/h3,6H,1H2. The van der Waals surface area contributed by atoms with Crippen molar-refractivity contribution in [1.82, 2.24) is 5.73 Å². The molecule has 1 amide bonds. The molecule has 0 aliphatic rings. The fourth-order valence-electron chi connectivity index (χ4n) is 0.139. The molecule has 0 unspecified atom stereocenters. The molecule has 1 N–H and O–H groups in total. The summed E-state index contributed by atoms with van der Waals surface area (Å²) in [6.45, 7) is 0. The Labute approximate surface area is 49.4 Å². The van der Waals surface area contributed by atoms with Crippen LogP contribution in [0.25, 0.3) is 0 Å². The Kier molecular flexibility index (Phi) is 3.51. The number of carbonyl (C=O) groups is 1. The molecule has 2 nitrogen and oxygen atoms in total. The van der Waals surface area contributed by atoms with Crippen molar-refractivity contribution < 1.29 is 13.6 Å². The topological polar surface area (TPSA) is 40.9 Å². The maximum atomic E-state index is 11.1. The molecule has 0 heterocycles. The first-order valence-electron chi connectivity index (χ1n) is 1.77. The van der Waals surface area contributed by atoms with Crippen LogP contribution in [0.2, 0.25) is 0 Å². The molecule has 0 fully saturated rings. The first kappa shape index (κ1) is 7.68. The van der Waals surface area contributed by atoms with Crippen LogP contribution < -0.4 is 5.73 Å². The summed E-state index contributed by atoms with van der Waals surface area (Å²) in [6.07, 6.45) is 0. The number of thioether (sulfide) groups is 1. The average molecular weight is 140 g/mol. The second-order valence-corrected chi connectivity index (χ2v) is 1.97. The third-order valence-corrected chi connectivity index (χ3v) is 1.02. The lowest BCUT2D eigenvalue weighted by Crippen LogP contribution is -2.02. The summed E-state index contributed by atoms with van der Waals surface area (Å²) < 4.78 is 22.2. The van der Waals surface area contributed by atoms with Gasteiger partial charge in [0.2, 0.25) is 5.91 Å². The summed E-state index contributed by atoms with van der Waals surface area (Å²) in [6, 6.07) is 0. The molecule has 0 saturated heterocycles. The van der Waals surface area contributed by atoms with Crippen molar-refractivity contribution in [2.24, 2.45) is 0 Å². The van der Waals surface area contributed by atoms with E-state index >= 15 is 0 Å². The van der Waals surface area contributed by atoms with Gasteiger partial charge in [0.25, 0.3) is 5.76 Å². The summed E-state index contributed by atoms with van der Waals surface area (Å²) >= 11 is 0.169. The predicted molar refractivity (Wildman–Crippen MR) is 26.6 cm³/mol. The lowest BCUT2D eigenvalue weighted by atomic mass is 10.8. The zero-order valence-corrected chi connectivity index (χ0v) is 4.67. The van der Waals surface area contributed by atoms with E-state index in [0.717, 1.165) is 0 Å². The summed E-state index contributed by atoms with van der Waals surface area (Å²) in [5.41, 5.74) is 6.18. The number of halogens is 2. The maximum Gasteiger partial charge on any atom is 0.285 e. The molecule has 0 aromatic carbocycles. The van der Waals surface area contributed by atoms with Gasteiger partial charge in [-0.05, 0) is 0 Å². The summed E-state index contributed by atoms with van der Waals surface area (Å²) in [4.78, 5) is 9.66. The molecule has 0 aromatic rings. The molecule has 47 valence electrons. The first-order chi connectivity index (χ1) is 3.63. The van der Waals surface area contributed by atoms with E-state index in [1.54, 1.807) is 0 Å². The molecule has 0 aliphatic heterocycles. The van der Waals surface area contributed by atoms with Gasteiger partial charge >= 0.3 is 0 Å². The number of alkyl halides is 2. The fraction of sp³-hybridized carbons (Fsp3) is 0.667. The van der Waals surface area contributed by atoms with E-state index in [9.17, 15) is 13.6 Å². The molecule has 0 saturated carbocycles. The van der Waals surface area contributed by atoms with Gasteiger partial charge in [-0.15, -0.1) is 0 Å². The van der Waals surface area contributed by atoms with Crippen molar-refractivity contribution in [2.75, 3.05) is 5.75 Å². The molecule has 0 bridgehead atoms. The molecular weight excluding hydrogens is 136 g/mol. The first-order valence-corrected chi connectivity index (χ1v) is 2.82. The summed E-state index contributed by atoms with van der Waals surface area (Å²) in [7, 11) is 0. The van der Waals surface area contributed by atoms with E-state index in [0.29, 0.717) is 0 Å². The van der Waals surface area contributed by atoms with Gasteiger partial charge in [-0.3, -0.25) is 10.5 Å². The van der Waals surface area contributed by atoms with Crippen molar-refractivity contribution in [3.8, 4) is 0 Å². The second kappa shape index (κ2) is 3.65. The molecule has 0 atom stereocenters. The number of nitrogens with one attached hydrogen (secondary N) is 1. The Morgan fingerprint density at radius 1 is 1.75 bits per heavy atom. The van der Waals surface area contributed by atoms with Crippen LogP contribution in [0.15, 0.2) is 0 Å². The average Bonchev–Trinajstić information content (AvgIpc) is 1.61. The zero-order chi connectivity index (χ0) is 6.57. The van der Waals surface area contributed by atoms with Gasteiger partial charge < -0.3 is 0 Å². The number of rotatable bonds is 3. The SMILES string of the molecule is [NH]C(=O)CSC(F)F. The highest BCUT2D eigenvalue weighted by atomic mass is 32.2.